The Labute approximate surface area is 188 Å². The van der Waals surface area contributed by atoms with Gasteiger partial charge in [-0.3, -0.25) is 19.7 Å². The Morgan fingerprint density at radius 3 is 2.30 bits per heavy atom. The number of benzene rings is 3. The second-order valence-electron chi connectivity index (χ2n) is 7.06. The first-order chi connectivity index (χ1) is 15.9. The van der Waals surface area contributed by atoms with Crippen molar-refractivity contribution in [3.63, 3.8) is 0 Å². The molecule has 0 aromatic heterocycles. The van der Waals surface area contributed by atoms with Crippen LogP contribution in [-0.4, -0.2) is 23.3 Å². The number of halogens is 1. The molecular weight excluding hydrogens is 429 g/mol. The topological polar surface area (TPSA) is 102 Å². The zero-order valence-electron chi connectivity index (χ0n) is 17.4. The number of hydrogen-bond acceptors (Lipinski definition) is 6. The van der Waals surface area contributed by atoms with E-state index in [1.807, 2.05) is 6.92 Å². The lowest BCUT2D eigenvalue weighted by atomic mass is 10.0. The number of imide groups is 1. The van der Waals surface area contributed by atoms with E-state index in [1.54, 1.807) is 24.3 Å². The van der Waals surface area contributed by atoms with Crippen LogP contribution in [0.2, 0.25) is 0 Å². The summed E-state index contributed by atoms with van der Waals surface area (Å²) in [5.41, 5.74) is 0.753. The van der Waals surface area contributed by atoms with Gasteiger partial charge in [0, 0.05) is 17.8 Å². The number of carbonyl (C=O) groups is 2. The number of nitro benzene ring substituents is 1. The Bertz CT molecular complexity index is 1270. The summed E-state index contributed by atoms with van der Waals surface area (Å²) in [6, 6.07) is 17.2. The van der Waals surface area contributed by atoms with Crippen LogP contribution >= 0.6 is 0 Å². The summed E-state index contributed by atoms with van der Waals surface area (Å²) in [6.45, 7) is 2.36. The number of non-ortho nitro benzene ring substituents is 1. The van der Waals surface area contributed by atoms with Gasteiger partial charge in [0.05, 0.1) is 22.8 Å². The lowest BCUT2D eigenvalue weighted by Gasteiger charge is -2.15. The fourth-order valence-electron chi connectivity index (χ4n) is 3.46. The molecule has 0 radical (unpaired) electrons. The Hall–Kier alpha value is -4.53. The van der Waals surface area contributed by atoms with Crippen LogP contribution in [0.3, 0.4) is 0 Å². The summed E-state index contributed by atoms with van der Waals surface area (Å²) in [6.07, 6.45) is 0. The number of anilines is 2. The van der Waals surface area contributed by atoms with Crippen molar-refractivity contribution in [3.05, 3.63) is 100.0 Å². The van der Waals surface area contributed by atoms with E-state index in [0.29, 0.717) is 23.6 Å². The number of rotatable bonds is 7. The van der Waals surface area contributed by atoms with E-state index in [-0.39, 0.29) is 22.6 Å². The van der Waals surface area contributed by atoms with Crippen LogP contribution in [0.1, 0.15) is 12.5 Å². The van der Waals surface area contributed by atoms with E-state index < -0.39 is 22.6 Å². The highest BCUT2D eigenvalue weighted by Gasteiger charge is 2.40. The number of nitro groups is 1. The molecule has 3 aromatic carbocycles. The lowest BCUT2D eigenvalue weighted by molar-refractivity contribution is -0.384. The van der Waals surface area contributed by atoms with Crippen molar-refractivity contribution in [1.29, 1.82) is 0 Å². The van der Waals surface area contributed by atoms with Crippen LogP contribution in [0.15, 0.2) is 78.5 Å². The van der Waals surface area contributed by atoms with Gasteiger partial charge < -0.3 is 10.1 Å². The Morgan fingerprint density at radius 2 is 1.70 bits per heavy atom. The van der Waals surface area contributed by atoms with Gasteiger partial charge in [0.1, 0.15) is 17.3 Å². The second-order valence-corrected chi connectivity index (χ2v) is 7.06. The quantitative estimate of drug-likeness (QED) is 0.324. The fourth-order valence-corrected chi connectivity index (χ4v) is 3.46. The predicted octanol–water partition coefficient (Wildman–Crippen LogP) is 4.53. The highest BCUT2D eigenvalue weighted by molar-refractivity contribution is 6.46. The average molecular weight is 447 g/mol. The minimum atomic E-state index is -0.673. The molecule has 0 bridgehead atoms. The second kappa shape index (κ2) is 8.91. The van der Waals surface area contributed by atoms with E-state index in [0.717, 1.165) is 11.0 Å². The van der Waals surface area contributed by atoms with Crippen LogP contribution in [0.25, 0.3) is 5.57 Å². The first-order valence-corrected chi connectivity index (χ1v) is 10.0. The predicted molar refractivity (Wildman–Crippen MR) is 120 cm³/mol. The summed E-state index contributed by atoms with van der Waals surface area (Å²) < 4.78 is 19.2. The number of nitrogens with one attached hydrogen (secondary N) is 1. The Balaban J connectivity index is 1.77. The van der Waals surface area contributed by atoms with Crippen molar-refractivity contribution in [2.45, 2.75) is 6.92 Å². The average Bonchev–Trinajstić information content (AvgIpc) is 3.04. The number of nitrogens with zero attached hydrogens (tertiary/aromatic N) is 2. The Morgan fingerprint density at radius 1 is 1.00 bits per heavy atom. The first kappa shape index (κ1) is 21.7. The molecule has 2 amide bonds. The van der Waals surface area contributed by atoms with Gasteiger partial charge in [-0.2, -0.15) is 0 Å². The summed E-state index contributed by atoms with van der Waals surface area (Å²) in [5.74, 6) is -1.30. The van der Waals surface area contributed by atoms with Crippen molar-refractivity contribution in [1.82, 2.24) is 0 Å². The molecule has 0 spiro atoms. The number of hydrogen-bond donors (Lipinski definition) is 1. The molecule has 1 aliphatic rings. The normalized spacial score (nSPS) is 13.5. The van der Waals surface area contributed by atoms with Gasteiger partial charge in [0.2, 0.25) is 0 Å². The van der Waals surface area contributed by atoms with Gasteiger partial charge in [-0.05, 0) is 67.1 Å². The molecule has 4 rings (SSSR count). The third-order valence-electron chi connectivity index (χ3n) is 4.95. The molecule has 9 heteroatoms. The van der Waals surface area contributed by atoms with Crippen LogP contribution < -0.4 is 15.0 Å². The zero-order chi connectivity index (χ0) is 23.5. The minimum Gasteiger partial charge on any atom is -0.494 e. The van der Waals surface area contributed by atoms with Crippen molar-refractivity contribution >= 4 is 34.4 Å². The maximum absolute atomic E-state index is 13.8. The monoisotopic (exact) mass is 447 g/mol. The molecule has 0 atom stereocenters. The highest BCUT2D eigenvalue weighted by Crippen LogP contribution is 2.34. The van der Waals surface area contributed by atoms with Crippen molar-refractivity contribution in [2.24, 2.45) is 0 Å². The van der Waals surface area contributed by atoms with Crippen molar-refractivity contribution in [3.8, 4) is 5.75 Å². The SMILES string of the molecule is CCOc1ccc(NC2=C(c3ccc([N+](=O)[O-])cc3)C(=O)N(c3cccc(F)c3)C2=O)cc1. The van der Waals surface area contributed by atoms with Crippen molar-refractivity contribution < 1.29 is 23.6 Å². The zero-order valence-corrected chi connectivity index (χ0v) is 17.4. The lowest BCUT2D eigenvalue weighted by Crippen LogP contribution is -2.32. The first-order valence-electron chi connectivity index (χ1n) is 10.0. The summed E-state index contributed by atoms with van der Waals surface area (Å²) in [4.78, 5) is 37.9. The van der Waals surface area contributed by atoms with E-state index in [4.69, 9.17) is 4.74 Å². The van der Waals surface area contributed by atoms with Crippen LogP contribution in [0.5, 0.6) is 5.75 Å². The van der Waals surface area contributed by atoms with Gasteiger partial charge in [0.15, 0.2) is 0 Å². The number of ether oxygens (including phenoxy) is 1. The molecule has 166 valence electrons. The van der Waals surface area contributed by atoms with Gasteiger partial charge in [-0.15, -0.1) is 0 Å². The molecule has 0 saturated heterocycles. The maximum Gasteiger partial charge on any atom is 0.282 e. The molecule has 3 aromatic rings. The van der Waals surface area contributed by atoms with E-state index in [9.17, 15) is 24.1 Å². The summed E-state index contributed by atoms with van der Waals surface area (Å²) in [5, 5.41) is 14.0. The molecule has 1 heterocycles. The third-order valence-corrected chi connectivity index (χ3v) is 4.95. The molecule has 1 N–H and O–H groups in total. The summed E-state index contributed by atoms with van der Waals surface area (Å²) >= 11 is 0. The van der Waals surface area contributed by atoms with Crippen LogP contribution in [-0.2, 0) is 9.59 Å². The standard InChI is InChI=1S/C24H18FN3O5/c1-2-33-20-12-8-17(9-13-20)26-22-21(15-6-10-18(11-7-15)28(31)32)23(29)27(24(22)30)19-5-3-4-16(25)14-19/h3-14,26H,2H2,1H3. The molecule has 0 aliphatic carbocycles. The molecule has 0 fully saturated rings. The van der Waals surface area contributed by atoms with E-state index >= 15 is 0 Å². The minimum absolute atomic E-state index is 0.0213. The number of carbonyl (C=O) groups excluding carboxylic acids is 2. The van der Waals surface area contributed by atoms with Crippen molar-refractivity contribution in [2.75, 3.05) is 16.8 Å². The smallest absolute Gasteiger partial charge is 0.282 e. The maximum atomic E-state index is 13.8. The Kier molecular flexibility index (Phi) is 5.86. The highest BCUT2D eigenvalue weighted by atomic mass is 19.1. The fraction of sp³-hybridized carbons (Fsp3) is 0.0833. The van der Waals surface area contributed by atoms with E-state index in [2.05, 4.69) is 5.32 Å². The largest absolute Gasteiger partial charge is 0.494 e. The summed E-state index contributed by atoms with van der Waals surface area (Å²) in [7, 11) is 0. The molecular formula is C24H18FN3O5. The molecule has 0 unspecified atom stereocenters. The van der Waals surface area contributed by atoms with Gasteiger partial charge >= 0.3 is 0 Å². The molecule has 8 nitrogen and oxygen atoms in total. The third kappa shape index (κ3) is 4.29. The number of amides is 2. The van der Waals surface area contributed by atoms with E-state index in [1.165, 1.54) is 42.5 Å². The molecule has 0 saturated carbocycles. The van der Waals surface area contributed by atoms with Gasteiger partial charge in [-0.25, -0.2) is 9.29 Å². The van der Waals surface area contributed by atoms with Gasteiger partial charge in [-0.1, -0.05) is 6.07 Å². The van der Waals surface area contributed by atoms with Crippen LogP contribution in [0, 0.1) is 15.9 Å². The van der Waals surface area contributed by atoms with Crippen LogP contribution in [0.4, 0.5) is 21.5 Å². The molecule has 33 heavy (non-hydrogen) atoms. The van der Waals surface area contributed by atoms with Gasteiger partial charge in [0.25, 0.3) is 17.5 Å². The molecule has 1 aliphatic heterocycles.